The van der Waals surface area contributed by atoms with Crippen molar-refractivity contribution < 1.29 is 9.84 Å². The van der Waals surface area contributed by atoms with Gasteiger partial charge in [-0.25, -0.2) is 0 Å². The molecule has 1 atom stereocenters. The molecule has 0 aromatic heterocycles. The Morgan fingerprint density at radius 1 is 1.62 bits per heavy atom. The Hall–Kier alpha value is -1.22. The Balaban J connectivity index is 2.57. The lowest BCUT2D eigenvalue weighted by Gasteiger charge is -2.08. The van der Waals surface area contributed by atoms with E-state index in [9.17, 15) is 5.11 Å². The van der Waals surface area contributed by atoms with Crippen molar-refractivity contribution in [2.24, 2.45) is 5.73 Å². The van der Waals surface area contributed by atoms with E-state index in [2.05, 4.69) is 0 Å². The summed E-state index contributed by atoms with van der Waals surface area (Å²) in [5, 5.41) is 9.37. The van der Waals surface area contributed by atoms with Gasteiger partial charge >= 0.3 is 0 Å². The predicted octanol–water partition coefficient (Wildman–Crippen LogP) is 1.35. The van der Waals surface area contributed by atoms with Crippen LogP contribution in [-0.4, -0.2) is 11.7 Å². The van der Waals surface area contributed by atoms with Crippen molar-refractivity contribution in [3.63, 3.8) is 0 Å². The number of aryl methyl sites for hydroxylation is 1. The van der Waals surface area contributed by atoms with Crippen molar-refractivity contribution in [1.82, 2.24) is 0 Å². The number of phenolic OH excluding ortho intramolecular Hbond substituents is 1. The van der Waals surface area contributed by atoms with E-state index in [1.165, 1.54) is 0 Å². The largest absolute Gasteiger partial charge is 0.508 e. The second-order valence-electron chi connectivity index (χ2n) is 3.29. The number of rotatable bonds is 1. The van der Waals surface area contributed by atoms with Crippen molar-refractivity contribution in [3.8, 4) is 11.5 Å². The van der Waals surface area contributed by atoms with Crippen LogP contribution in [0.4, 0.5) is 0 Å². The minimum atomic E-state index is -0.0365. The fourth-order valence-corrected chi connectivity index (χ4v) is 1.76. The van der Waals surface area contributed by atoms with Gasteiger partial charge in [-0.05, 0) is 18.1 Å². The summed E-state index contributed by atoms with van der Waals surface area (Å²) >= 11 is 0. The van der Waals surface area contributed by atoms with Crippen LogP contribution < -0.4 is 10.5 Å². The summed E-state index contributed by atoms with van der Waals surface area (Å²) < 4.78 is 5.35. The lowest BCUT2D eigenvalue weighted by atomic mass is 10.00. The Kier molecular flexibility index (Phi) is 1.88. The first-order valence-corrected chi connectivity index (χ1v) is 4.46. The maximum Gasteiger partial charge on any atom is 0.128 e. The topological polar surface area (TPSA) is 55.5 Å². The van der Waals surface area contributed by atoms with E-state index in [4.69, 9.17) is 10.5 Å². The van der Waals surface area contributed by atoms with Gasteiger partial charge in [0.15, 0.2) is 0 Å². The van der Waals surface area contributed by atoms with Crippen molar-refractivity contribution >= 4 is 0 Å². The molecule has 3 nitrogen and oxygen atoms in total. The molecule has 3 N–H and O–H groups in total. The van der Waals surface area contributed by atoms with E-state index in [1.54, 1.807) is 12.1 Å². The first-order chi connectivity index (χ1) is 6.22. The molecule has 70 valence electrons. The van der Waals surface area contributed by atoms with Gasteiger partial charge in [-0.15, -0.1) is 0 Å². The molecule has 1 aromatic rings. The molecule has 1 heterocycles. The lowest BCUT2D eigenvalue weighted by Crippen LogP contribution is -2.12. The molecule has 0 spiro atoms. The monoisotopic (exact) mass is 179 g/mol. The zero-order valence-corrected chi connectivity index (χ0v) is 7.58. The number of phenols is 1. The van der Waals surface area contributed by atoms with Gasteiger partial charge < -0.3 is 15.6 Å². The van der Waals surface area contributed by atoms with Crippen LogP contribution in [0.15, 0.2) is 12.1 Å². The minimum Gasteiger partial charge on any atom is -0.508 e. The molecule has 3 heteroatoms. The van der Waals surface area contributed by atoms with Crippen LogP contribution >= 0.6 is 0 Å². The fraction of sp³-hybridized carbons (Fsp3) is 0.400. The van der Waals surface area contributed by atoms with Crippen LogP contribution in [0.5, 0.6) is 11.5 Å². The molecule has 0 bridgehead atoms. The van der Waals surface area contributed by atoms with Gasteiger partial charge in [0.1, 0.15) is 18.1 Å². The molecule has 1 aliphatic rings. The fourth-order valence-electron chi connectivity index (χ4n) is 1.76. The van der Waals surface area contributed by atoms with Gasteiger partial charge in [-0.3, -0.25) is 0 Å². The number of aromatic hydroxyl groups is 1. The molecular weight excluding hydrogens is 166 g/mol. The van der Waals surface area contributed by atoms with Gasteiger partial charge in [0, 0.05) is 11.6 Å². The number of hydrogen-bond acceptors (Lipinski definition) is 3. The molecule has 0 saturated carbocycles. The van der Waals surface area contributed by atoms with Crippen molar-refractivity contribution in [3.05, 3.63) is 23.3 Å². The van der Waals surface area contributed by atoms with Gasteiger partial charge in [-0.1, -0.05) is 6.92 Å². The molecule has 13 heavy (non-hydrogen) atoms. The quantitative estimate of drug-likeness (QED) is 0.684. The number of hydrogen-bond donors (Lipinski definition) is 2. The second-order valence-corrected chi connectivity index (χ2v) is 3.29. The average Bonchev–Trinajstić information content (AvgIpc) is 2.46. The smallest absolute Gasteiger partial charge is 0.128 e. The van der Waals surface area contributed by atoms with Crippen LogP contribution in [0.25, 0.3) is 0 Å². The van der Waals surface area contributed by atoms with Crippen molar-refractivity contribution in [2.45, 2.75) is 19.4 Å². The summed E-state index contributed by atoms with van der Waals surface area (Å²) in [4.78, 5) is 0. The van der Waals surface area contributed by atoms with E-state index in [0.29, 0.717) is 6.61 Å². The molecule has 0 aliphatic carbocycles. The highest BCUT2D eigenvalue weighted by atomic mass is 16.5. The summed E-state index contributed by atoms with van der Waals surface area (Å²) in [5.41, 5.74) is 8.01. The molecule has 0 amide bonds. The molecule has 1 aromatic carbocycles. The molecule has 0 unspecified atom stereocenters. The maximum atomic E-state index is 9.37. The molecule has 0 fully saturated rings. The Morgan fingerprint density at radius 3 is 3.08 bits per heavy atom. The van der Waals surface area contributed by atoms with Gasteiger partial charge in [-0.2, -0.15) is 0 Å². The molecule has 0 saturated heterocycles. The molecule has 0 radical (unpaired) electrons. The zero-order chi connectivity index (χ0) is 9.42. The van der Waals surface area contributed by atoms with E-state index >= 15 is 0 Å². The first kappa shape index (κ1) is 8.38. The van der Waals surface area contributed by atoms with E-state index in [1.807, 2.05) is 6.92 Å². The number of fused-ring (bicyclic) bond motifs is 1. The van der Waals surface area contributed by atoms with E-state index in [-0.39, 0.29) is 11.8 Å². The highest BCUT2D eigenvalue weighted by molar-refractivity contribution is 5.49. The summed E-state index contributed by atoms with van der Waals surface area (Å²) in [6.45, 7) is 2.56. The molecular formula is C10H13NO2. The van der Waals surface area contributed by atoms with Crippen LogP contribution in [0.1, 0.15) is 24.1 Å². The van der Waals surface area contributed by atoms with Gasteiger partial charge in [0.05, 0.1) is 6.04 Å². The van der Waals surface area contributed by atoms with E-state index in [0.717, 1.165) is 23.3 Å². The summed E-state index contributed by atoms with van der Waals surface area (Å²) in [6.07, 6.45) is 0.869. The average molecular weight is 179 g/mol. The standard InChI is InChI=1S/C10H13NO2/c1-2-6-3-7(12)4-9-10(6)8(11)5-13-9/h3-4,8,12H,2,5,11H2,1H3/t8-/m1/s1. The SMILES string of the molecule is CCc1cc(O)cc2c1[C@H](N)CO2. The summed E-state index contributed by atoms with van der Waals surface area (Å²) in [7, 11) is 0. The van der Waals surface area contributed by atoms with Crippen LogP contribution in [-0.2, 0) is 6.42 Å². The second kappa shape index (κ2) is 2.92. The molecule has 1 aliphatic heterocycles. The number of ether oxygens (including phenoxy) is 1. The van der Waals surface area contributed by atoms with Gasteiger partial charge in [0.25, 0.3) is 0 Å². The zero-order valence-electron chi connectivity index (χ0n) is 7.58. The Labute approximate surface area is 77.1 Å². The molecule has 2 rings (SSSR count). The Bertz CT molecular complexity index is 336. The summed E-state index contributed by atoms with van der Waals surface area (Å²) in [5.74, 6) is 0.994. The van der Waals surface area contributed by atoms with Gasteiger partial charge in [0.2, 0.25) is 0 Å². The third kappa shape index (κ3) is 1.25. The third-order valence-electron chi connectivity index (χ3n) is 2.38. The first-order valence-electron chi connectivity index (χ1n) is 4.46. The highest BCUT2D eigenvalue weighted by Gasteiger charge is 2.23. The Morgan fingerprint density at radius 2 is 2.38 bits per heavy atom. The maximum absolute atomic E-state index is 9.37. The van der Waals surface area contributed by atoms with E-state index < -0.39 is 0 Å². The van der Waals surface area contributed by atoms with Crippen LogP contribution in [0.2, 0.25) is 0 Å². The summed E-state index contributed by atoms with van der Waals surface area (Å²) in [6, 6.07) is 3.35. The third-order valence-corrected chi connectivity index (χ3v) is 2.38. The highest BCUT2D eigenvalue weighted by Crippen LogP contribution is 2.37. The van der Waals surface area contributed by atoms with Crippen LogP contribution in [0, 0.1) is 0 Å². The van der Waals surface area contributed by atoms with Crippen molar-refractivity contribution in [1.29, 1.82) is 0 Å². The number of nitrogens with two attached hydrogens (primary N) is 1. The number of benzene rings is 1. The normalized spacial score (nSPS) is 19.7. The van der Waals surface area contributed by atoms with Crippen LogP contribution in [0.3, 0.4) is 0 Å². The predicted molar refractivity (Wildman–Crippen MR) is 49.9 cm³/mol. The van der Waals surface area contributed by atoms with Crippen molar-refractivity contribution in [2.75, 3.05) is 6.61 Å². The minimum absolute atomic E-state index is 0.0365. The lowest BCUT2D eigenvalue weighted by molar-refractivity contribution is 0.332.